The van der Waals surface area contributed by atoms with Crippen LogP contribution in [0.2, 0.25) is 0 Å². The predicted molar refractivity (Wildman–Crippen MR) is 94.7 cm³/mol. The van der Waals surface area contributed by atoms with Gasteiger partial charge in [-0.2, -0.15) is 5.10 Å². The Morgan fingerprint density at radius 2 is 2.08 bits per heavy atom. The molecule has 0 aromatic carbocycles. The SMILES string of the molecule is CCCn1nc(C(=O)N2CCC[C@@H](CN3CCOCC3)C2)ccc1=O. The molecule has 2 aliphatic rings. The molecule has 3 rings (SSSR count). The van der Waals surface area contributed by atoms with Crippen molar-refractivity contribution in [1.29, 1.82) is 0 Å². The molecule has 7 heteroatoms. The van der Waals surface area contributed by atoms with Crippen LogP contribution in [0.15, 0.2) is 16.9 Å². The lowest BCUT2D eigenvalue weighted by Crippen LogP contribution is -2.46. The van der Waals surface area contributed by atoms with E-state index in [9.17, 15) is 9.59 Å². The molecule has 2 fully saturated rings. The lowest BCUT2D eigenvalue weighted by molar-refractivity contribution is 0.0223. The Bertz CT molecular complexity index is 639. The summed E-state index contributed by atoms with van der Waals surface area (Å²) in [5.41, 5.74) is 0.224. The Balaban J connectivity index is 1.63. The Labute approximate surface area is 148 Å². The van der Waals surface area contributed by atoms with Crippen LogP contribution >= 0.6 is 0 Å². The first-order chi connectivity index (χ1) is 12.2. The average molecular weight is 348 g/mol. The highest BCUT2D eigenvalue weighted by Gasteiger charge is 2.27. The molecule has 0 N–H and O–H groups in total. The summed E-state index contributed by atoms with van der Waals surface area (Å²) in [6.45, 7) is 8.66. The molecule has 0 radical (unpaired) electrons. The monoisotopic (exact) mass is 348 g/mol. The Kier molecular flexibility index (Phi) is 6.20. The number of piperidine rings is 1. The zero-order valence-electron chi connectivity index (χ0n) is 15.0. The van der Waals surface area contributed by atoms with Gasteiger partial charge in [0.2, 0.25) is 0 Å². The zero-order chi connectivity index (χ0) is 17.6. The Hall–Kier alpha value is -1.73. The van der Waals surface area contributed by atoms with Gasteiger partial charge in [-0.15, -0.1) is 0 Å². The van der Waals surface area contributed by atoms with E-state index in [1.807, 2.05) is 11.8 Å². The second-order valence-corrected chi connectivity index (χ2v) is 6.95. The molecule has 0 aliphatic carbocycles. The topological polar surface area (TPSA) is 67.7 Å². The minimum absolute atomic E-state index is 0.0588. The van der Waals surface area contributed by atoms with E-state index in [2.05, 4.69) is 10.00 Å². The van der Waals surface area contributed by atoms with Crippen LogP contribution in [0.3, 0.4) is 0 Å². The molecule has 1 aromatic heterocycles. The first kappa shape index (κ1) is 18.1. The first-order valence-corrected chi connectivity index (χ1v) is 9.35. The summed E-state index contributed by atoms with van der Waals surface area (Å²) >= 11 is 0. The second-order valence-electron chi connectivity index (χ2n) is 6.95. The fourth-order valence-electron chi connectivity index (χ4n) is 3.64. The van der Waals surface area contributed by atoms with Crippen molar-refractivity contribution in [2.75, 3.05) is 45.9 Å². The van der Waals surface area contributed by atoms with Gasteiger partial charge in [0.05, 0.1) is 13.2 Å². The van der Waals surface area contributed by atoms with Crippen molar-refractivity contribution >= 4 is 5.91 Å². The van der Waals surface area contributed by atoms with Gasteiger partial charge >= 0.3 is 0 Å². The Morgan fingerprint density at radius 3 is 2.84 bits per heavy atom. The standard InChI is InChI=1S/C18H28N4O3/c1-2-7-22-17(23)6-5-16(19-22)18(24)21-8-3-4-15(14-21)13-20-9-11-25-12-10-20/h5-6,15H,2-4,7-14H2,1H3/t15-/m0/s1. The molecule has 1 amide bonds. The van der Waals surface area contributed by atoms with Crippen LogP contribution in [0.1, 0.15) is 36.7 Å². The lowest BCUT2D eigenvalue weighted by Gasteiger charge is -2.36. The molecular weight excluding hydrogens is 320 g/mol. The number of aromatic nitrogens is 2. The third kappa shape index (κ3) is 4.67. The highest BCUT2D eigenvalue weighted by atomic mass is 16.5. The number of nitrogens with zero attached hydrogens (tertiary/aromatic N) is 4. The highest BCUT2D eigenvalue weighted by Crippen LogP contribution is 2.19. The summed E-state index contributed by atoms with van der Waals surface area (Å²) in [7, 11) is 0. The quantitative estimate of drug-likeness (QED) is 0.789. The number of aryl methyl sites for hydroxylation is 1. The maximum Gasteiger partial charge on any atom is 0.274 e. The third-order valence-electron chi connectivity index (χ3n) is 4.95. The Morgan fingerprint density at radius 1 is 1.28 bits per heavy atom. The van der Waals surface area contributed by atoms with E-state index < -0.39 is 0 Å². The minimum Gasteiger partial charge on any atom is -0.379 e. The number of ether oxygens (including phenoxy) is 1. The van der Waals surface area contributed by atoms with Crippen molar-refractivity contribution in [3.8, 4) is 0 Å². The molecular formula is C18H28N4O3. The lowest BCUT2D eigenvalue weighted by atomic mass is 9.97. The number of likely N-dealkylation sites (tertiary alicyclic amines) is 1. The van der Waals surface area contributed by atoms with E-state index in [4.69, 9.17) is 4.74 Å². The number of rotatable bonds is 5. The van der Waals surface area contributed by atoms with Crippen LogP contribution in [0, 0.1) is 5.92 Å². The van der Waals surface area contributed by atoms with Gasteiger partial charge in [-0.25, -0.2) is 4.68 Å². The number of carbonyl (C=O) groups excluding carboxylic acids is 1. The van der Waals surface area contributed by atoms with E-state index in [0.29, 0.717) is 18.2 Å². The number of morpholine rings is 1. The molecule has 25 heavy (non-hydrogen) atoms. The van der Waals surface area contributed by atoms with Crippen LogP contribution in [0.4, 0.5) is 0 Å². The molecule has 0 bridgehead atoms. The maximum atomic E-state index is 12.8. The molecule has 1 aromatic rings. The van der Waals surface area contributed by atoms with Crippen molar-refractivity contribution in [3.63, 3.8) is 0 Å². The van der Waals surface area contributed by atoms with Gasteiger partial charge in [-0.05, 0) is 31.2 Å². The summed E-state index contributed by atoms with van der Waals surface area (Å²) in [5, 5.41) is 4.26. The number of hydrogen-bond donors (Lipinski definition) is 0. The van der Waals surface area contributed by atoms with E-state index in [1.165, 1.54) is 10.7 Å². The van der Waals surface area contributed by atoms with Crippen molar-refractivity contribution in [3.05, 3.63) is 28.2 Å². The molecule has 2 saturated heterocycles. The molecule has 7 nitrogen and oxygen atoms in total. The summed E-state index contributed by atoms with van der Waals surface area (Å²) in [6.07, 6.45) is 3.00. The first-order valence-electron chi connectivity index (χ1n) is 9.35. The molecule has 0 unspecified atom stereocenters. The molecule has 1 atom stereocenters. The fraction of sp³-hybridized carbons (Fsp3) is 0.722. The van der Waals surface area contributed by atoms with Gasteiger partial charge < -0.3 is 9.64 Å². The van der Waals surface area contributed by atoms with Crippen molar-refractivity contribution in [2.45, 2.75) is 32.7 Å². The van der Waals surface area contributed by atoms with E-state index >= 15 is 0 Å². The smallest absolute Gasteiger partial charge is 0.274 e. The molecule has 0 spiro atoms. The fourth-order valence-corrected chi connectivity index (χ4v) is 3.64. The van der Waals surface area contributed by atoms with Crippen molar-refractivity contribution in [1.82, 2.24) is 19.6 Å². The number of amides is 1. The van der Waals surface area contributed by atoms with E-state index in [0.717, 1.165) is 65.2 Å². The van der Waals surface area contributed by atoms with Crippen molar-refractivity contribution in [2.24, 2.45) is 5.92 Å². The summed E-state index contributed by atoms with van der Waals surface area (Å²) in [4.78, 5) is 28.9. The molecule has 2 aliphatic heterocycles. The number of carbonyl (C=O) groups is 1. The number of hydrogen-bond acceptors (Lipinski definition) is 5. The third-order valence-corrected chi connectivity index (χ3v) is 4.95. The highest BCUT2D eigenvalue weighted by molar-refractivity contribution is 5.92. The van der Waals surface area contributed by atoms with Gasteiger partial charge in [0.1, 0.15) is 5.69 Å². The van der Waals surface area contributed by atoms with Crippen LogP contribution < -0.4 is 5.56 Å². The molecule has 0 saturated carbocycles. The van der Waals surface area contributed by atoms with Gasteiger partial charge in [-0.1, -0.05) is 6.92 Å². The normalized spacial score (nSPS) is 22.1. The van der Waals surface area contributed by atoms with Crippen LogP contribution in [0.5, 0.6) is 0 Å². The van der Waals surface area contributed by atoms with Gasteiger partial charge in [0.25, 0.3) is 11.5 Å². The van der Waals surface area contributed by atoms with E-state index in [1.54, 1.807) is 6.07 Å². The van der Waals surface area contributed by atoms with Gasteiger partial charge in [0, 0.05) is 45.3 Å². The van der Waals surface area contributed by atoms with Crippen LogP contribution in [-0.4, -0.2) is 71.4 Å². The zero-order valence-corrected chi connectivity index (χ0v) is 15.0. The summed E-state index contributed by atoms with van der Waals surface area (Å²) in [6, 6.07) is 3.01. The second kappa shape index (κ2) is 8.58. The summed E-state index contributed by atoms with van der Waals surface area (Å²) < 4.78 is 6.80. The van der Waals surface area contributed by atoms with Gasteiger partial charge in [0.15, 0.2) is 0 Å². The molecule has 138 valence electrons. The van der Waals surface area contributed by atoms with Crippen LogP contribution in [0.25, 0.3) is 0 Å². The van der Waals surface area contributed by atoms with Crippen molar-refractivity contribution < 1.29 is 9.53 Å². The predicted octanol–water partition coefficient (Wildman–Crippen LogP) is 0.838. The minimum atomic E-state index is -0.151. The summed E-state index contributed by atoms with van der Waals surface area (Å²) in [5.74, 6) is 0.439. The van der Waals surface area contributed by atoms with Gasteiger partial charge in [-0.3, -0.25) is 14.5 Å². The van der Waals surface area contributed by atoms with E-state index in [-0.39, 0.29) is 11.5 Å². The van der Waals surface area contributed by atoms with Crippen LogP contribution in [-0.2, 0) is 11.3 Å². The molecule has 3 heterocycles. The largest absolute Gasteiger partial charge is 0.379 e. The maximum absolute atomic E-state index is 12.8. The average Bonchev–Trinajstić information content (AvgIpc) is 2.64.